The maximum Gasteiger partial charge on any atom is 0.340 e. The van der Waals surface area contributed by atoms with Crippen molar-refractivity contribution < 1.29 is 18.7 Å². The van der Waals surface area contributed by atoms with E-state index in [-0.39, 0.29) is 12.5 Å². The second-order valence-corrected chi connectivity index (χ2v) is 6.09. The number of ether oxygens (including phenoxy) is 1. The van der Waals surface area contributed by atoms with Crippen molar-refractivity contribution in [3.05, 3.63) is 54.0 Å². The van der Waals surface area contributed by atoms with E-state index in [2.05, 4.69) is 24.5 Å². The van der Waals surface area contributed by atoms with Crippen LogP contribution >= 0.6 is 0 Å². The number of esters is 1. The Labute approximate surface area is 147 Å². The van der Waals surface area contributed by atoms with Crippen molar-refractivity contribution in [3.63, 3.8) is 0 Å². The molecule has 2 aromatic rings. The molecule has 0 aliphatic heterocycles. The zero-order valence-corrected chi connectivity index (χ0v) is 14.6. The summed E-state index contributed by atoms with van der Waals surface area (Å²) in [4.78, 5) is 24.0. The summed E-state index contributed by atoms with van der Waals surface area (Å²) in [5.41, 5.74) is 1.01. The molecule has 134 valence electrons. The Hall–Kier alpha value is -2.76. The Kier molecular flexibility index (Phi) is 7.07. The van der Waals surface area contributed by atoms with Crippen LogP contribution in [0.2, 0.25) is 0 Å². The molecule has 0 atom stereocenters. The number of amides is 1. The van der Waals surface area contributed by atoms with Crippen LogP contribution in [0, 0.1) is 5.92 Å². The van der Waals surface area contributed by atoms with E-state index < -0.39 is 5.97 Å². The average Bonchev–Trinajstić information content (AvgIpc) is 3.11. The number of benzene rings is 1. The number of nitrogens with one attached hydrogen (secondary N) is 2. The Morgan fingerprint density at radius 3 is 2.68 bits per heavy atom. The van der Waals surface area contributed by atoms with Crippen molar-refractivity contribution in [1.82, 2.24) is 5.32 Å². The van der Waals surface area contributed by atoms with E-state index in [1.807, 2.05) is 12.1 Å². The van der Waals surface area contributed by atoms with Gasteiger partial charge in [-0.15, -0.1) is 0 Å². The second-order valence-electron chi connectivity index (χ2n) is 6.09. The predicted molar refractivity (Wildman–Crippen MR) is 95.2 cm³/mol. The molecule has 6 nitrogen and oxygen atoms in total. The van der Waals surface area contributed by atoms with Gasteiger partial charge in [-0.25, -0.2) is 4.79 Å². The fourth-order valence-electron chi connectivity index (χ4n) is 2.17. The fraction of sp³-hybridized carbons (Fsp3) is 0.368. The van der Waals surface area contributed by atoms with Gasteiger partial charge in [0, 0.05) is 12.2 Å². The molecule has 0 spiro atoms. The first-order chi connectivity index (χ1) is 12.1. The Morgan fingerprint density at radius 2 is 1.96 bits per heavy atom. The van der Waals surface area contributed by atoms with Crippen molar-refractivity contribution in [2.24, 2.45) is 5.92 Å². The van der Waals surface area contributed by atoms with Crippen LogP contribution in [-0.4, -0.2) is 25.0 Å². The van der Waals surface area contributed by atoms with E-state index in [0.29, 0.717) is 30.3 Å². The average molecular weight is 344 g/mol. The monoisotopic (exact) mass is 344 g/mol. The molecule has 1 amide bonds. The van der Waals surface area contributed by atoms with Crippen molar-refractivity contribution in [2.75, 3.05) is 18.5 Å². The predicted octanol–water partition coefficient (Wildman–Crippen LogP) is 3.21. The standard InChI is InChI=1S/C19H24N2O4/c1-14(2)9-10-20-18(22)13-25-19(23)16-7-3-4-8-17(16)21-12-15-6-5-11-24-15/h3-8,11,14,21H,9-10,12-13H2,1-2H3,(H,20,22). The van der Waals surface area contributed by atoms with Crippen LogP contribution in [0.25, 0.3) is 0 Å². The lowest BCUT2D eigenvalue weighted by Gasteiger charge is -2.11. The summed E-state index contributed by atoms with van der Waals surface area (Å²) in [5, 5.41) is 5.87. The molecule has 0 radical (unpaired) electrons. The number of hydrogen-bond acceptors (Lipinski definition) is 5. The number of para-hydroxylation sites is 1. The first-order valence-electron chi connectivity index (χ1n) is 8.35. The summed E-state index contributed by atoms with van der Waals surface area (Å²) in [6, 6.07) is 10.6. The third-order valence-electron chi connectivity index (χ3n) is 3.56. The van der Waals surface area contributed by atoms with Gasteiger partial charge < -0.3 is 19.8 Å². The van der Waals surface area contributed by atoms with Gasteiger partial charge >= 0.3 is 5.97 Å². The van der Waals surface area contributed by atoms with Gasteiger partial charge in [0.2, 0.25) is 0 Å². The molecule has 0 fully saturated rings. The molecule has 25 heavy (non-hydrogen) atoms. The highest BCUT2D eigenvalue weighted by atomic mass is 16.5. The van der Waals surface area contributed by atoms with Gasteiger partial charge in [-0.05, 0) is 36.6 Å². The molecule has 1 aromatic heterocycles. The minimum Gasteiger partial charge on any atom is -0.467 e. The number of carbonyl (C=O) groups excluding carboxylic acids is 2. The van der Waals surface area contributed by atoms with Gasteiger partial charge in [-0.1, -0.05) is 26.0 Å². The van der Waals surface area contributed by atoms with Gasteiger partial charge in [-0.2, -0.15) is 0 Å². The molecule has 2 N–H and O–H groups in total. The molecule has 1 heterocycles. The highest BCUT2D eigenvalue weighted by molar-refractivity contribution is 5.96. The normalized spacial score (nSPS) is 10.5. The maximum atomic E-state index is 12.2. The Morgan fingerprint density at radius 1 is 1.16 bits per heavy atom. The summed E-state index contributed by atoms with van der Waals surface area (Å²) < 4.78 is 10.4. The van der Waals surface area contributed by atoms with E-state index in [1.54, 1.807) is 30.5 Å². The van der Waals surface area contributed by atoms with Crippen LogP contribution in [0.5, 0.6) is 0 Å². The maximum absolute atomic E-state index is 12.2. The quantitative estimate of drug-likeness (QED) is 0.683. The van der Waals surface area contributed by atoms with Crippen molar-refractivity contribution in [2.45, 2.75) is 26.8 Å². The highest BCUT2D eigenvalue weighted by Gasteiger charge is 2.14. The van der Waals surface area contributed by atoms with Crippen molar-refractivity contribution in [3.8, 4) is 0 Å². The Bertz CT molecular complexity index is 680. The van der Waals surface area contributed by atoms with Crippen molar-refractivity contribution >= 4 is 17.6 Å². The van der Waals surface area contributed by atoms with Crippen LogP contribution in [0.1, 0.15) is 36.4 Å². The van der Waals surface area contributed by atoms with Crippen LogP contribution in [0.3, 0.4) is 0 Å². The molecule has 0 aliphatic carbocycles. The first-order valence-corrected chi connectivity index (χ1v) is 8.35. The second kappa shape index (κ2) is 9.52. The lowest BCUT2D eigenvalue weighted by atomic mass is 10.1. The summed E-state index contributed by atoms with van der Waals surface area (Å²) in [7, 11) is 0. The highest BCUT2D eigenvalue weighted by Crippen LogP contribution is 2.17. The molecule has 2 rings (SSSR count). The van der Waals surface area contributed by atoms with Gasteiger partial charge in [0.15, 0.2) is 6.61 Å². The number of anilines is 1. The molecule has 0 saturated heterocycles. The smallest absolute Gasteiger partial charge is 0.340 e. The minimum atomic E-state index is -0.540. The Balaban J connectivity index is 1.85. The van der Waals surface area contributed by atoms with E-state index in [0.717, 1.165) is 12.2 Å². The largest absolute Gasteiger partial charge is 0.467 e. The fourth-order valence-corrected chi connectivity index (χ4v) is 2.17. The molecule has 0 aliphatic rings. The zero-order valence-electron chi connectivity index (χ0n) is 14.6. The summed E-state index contributed by atoms with van der Waals surface area (Å²) in [5.74, 6) is 0.430. The number of carbonyl (C=O) groups is 2. The lowest BCUT2D eigenvalue weighted by Crippen LogP contribution is -2.30. The molecule has 0 unspecified atom stereocenters. The molecule has 6 heteroatoms. The van der Waals surface area contributed by atoms with Crippen LogP contribution < -0.4 is 10.6 Å². The van der Waals surface area contributed by atoms with Crippen molar-refractivity contribution in [1.29, 1.82) is 0 Å². The molecule has 0 bridgehead atoms. The summed E-state index contributed by atoms with van der Waals surface area (Å²) in [6.07, 6.45) is 2.48. The van der Waals surface area contributed by atoms with Gasteiger partial charge in [0.1, 0.15) is 5.76 Å². The number of hydrogen-bond donors (Lipinski definition) is 2. The van der Waals surface area contributed by atoms with E-state index in [9.17, 15) is 9.59 Å². The van der Waals surface area contributed by atoms with E-state index in [4.69, 9.17) is 9.15 Å². The third kappa shape index (κ3) is 6.33. The zero-order chi connectivity index (χ0) is 18.1. The SMILES string of the molecule is CC(C)CCNC(=O)COC(=O)c1ccccc1NCc1ccco1. The molecule has 1 aromatic carbocycles. The topological polar surface area (TPSA) is 80.6 Å². The van der Waals surface area contributed by atoms with Crippen LogP contribution in [0.4, 0.5) is 5.69 Å². The first kappa shape index (κ1) is 18.6. The molecular weight excluding hydrogens is 320 g/mol. The lowest BCUT2D eigenvalue weighted by molar-refractivity contribution is -0.124. The van der Waals surface area contributed by atoms with Gasteiger partial charge in [-0.3, -0.25) is 4.79 Å². The van der Waals surface area contributed by atoms with Crippen LogP contribution in [-0.2, 0) is 16.1 Å². The van der Waals surface area contributed by atoms with E-state index in [1.165, 1.54) is 0 Å². The van der Waals surface area contributed by atoms with Gasteiger partial charge in [0.25, 0.3) is 5.91 Å². The number of furan rings is 1. The number of rotatable bonds is 9. The third-order valence-corrected chi connectivity index (χ3v) is 3.56. The van der Waals surface area contributed by atoms with Gasteiger partial charge in [0.05, 0.1) is 18.4 Å². The molecule has 0 saturated carbocycles. The minimum absolute atomic E-state index is 0.288. The van der Waals surface area contributed by atoms with E-state index >= 15 is 0 Å². The summed E-state index contributed by atoms with van der Waals surface area (Å²) in [6.45, 7) is 4.91. The summed E-state index contributed by atoms with van der Waals surface area (Å²) >= 11 is 0. The van der Waals surface area contributed by atoms with Crippen LogP contribution in [0.15, 0.2) is 47.1 Å². The molecular formula is C19H24N2O4.